The highest BCUT2D eigenvalue weighted by Crippen LogP contribution is 2.32. The highest BCUT2D eigenvalue weighted by molar-refractivity contribution is 5.92. The Balaban J connectivity index is 1.54. The summed E-state index contributed by atoms with van der Waals surface area (Å²) in [6.07, 6.45) is 3.35. The molecule has 1 aromatic carbocycles. The number of hydrogen-bond donors (Lipinski definition) is 0. The van der Waals surface area contributed by atoms with Gasteiger partial charge in [0.1, 0.15) is 6.10 Å². The Morgan fingerprint density at radius 1 is 1.21 bits per heavy atom. The van der Waals surface area contributed by atoms with E-state index in [1.165, 1.54) is 34.0 Å². The Hall–Kier alpha value is -3.30. The molecule has 4 rings (SSSR count). The third kappa shape index (κ3) is 3.32. The summed E-state index contributed by atoms with van der Waals surface area (Å²) >= 11 is 0. The summed E-state index contributed by atoms with van der Waals surface area (Å²) in [5, 5.41) is 7.75. The molecule has 0 radical (unpaired) electrons. The van der Waals surface area contributed by atoms with Crippen LogP contribution in [0.5, 0.6) is 0 Å². The van der Waals surface area contributed by atoms with Gasteiger partial charge < -0.3 is 9.64 Å². The van der Waals surface area contributed by atoms with E-state index >= 15 is 0 Å². The van der Waals surface area contributed by atoms with Gasteiger partial charge in [-0.05, 0) is 25.1 Å². The lowest BCUT2D eigenvalue weighted by molar-refractivity contribution is -0.114. The fourth-order valence-corrected chi connectivity index (χ4v) is 3.23. The van der Waals surface area contributed by atoms with E-state index in [9.17, 15) is 18.4 Å². The second-order valence-corrected chi connectivity index (χ2v) is 6.66. The van der Waals surface area contributed by atoms with Crippen LogP contribution in [-0.2, 0) is 16.1 Å². The van der Waals surface area contributed by atoms with Crippen molar-refractivity contribution in [3.63, 3.8) is 0 Å². The largest absolute Gasteiger partial charge is 0.442 e. The third-order valence-electron chi connectivity index (χ3n) is 4.60. The zero-order valence-corrected chi connectivity index (χ0v) is 15.0. The van der Waals surface area contributed by atoms with E-state index in [0.717, 1.165) is 10.6 Å². The second-order valence-electron chi connectivity index (χ2n) is 6.66. The average molecular weight is 389 g/mol. The van der Waals surface area contributed by atoms with Gasteiger partial charge >= 0.3 is 6.09 Å². The molecule has 2 aliphatic heterocycles. The lowest BCUT2D eigenvalue weighted by atomic mass is 10.1. The molecule has 0 saturated carbocycles. The van der Waals surface area contributed by atoms with Gasteiger partial charge in [0.15, 0.2) is 17.4 Å². The monoisotopic (exact) mass is 389 g/mol. The molecule has 0 bridgehead atoms. The number of cyclic esters (lactones) is 1. The van der Waals surface area contributed by atoms with E-state index in [1.54, 1.807) is 13.1 Å². The van der Waals surface area contributed by atoms with Gasteiger partial charge in [-0.1, -0.05) is 5.21 Å². The minimum atomic E-state index is -1.14. The minimum absolute atomic E-state index is 0.00667. The molecule has 1 atom stereocenters. The number of ketones is 1. The molecule has 0 spiro atoms. The number of hydrogen-bond acceptors (Lipinski definition) is 6. The van der Waals surface area contributed by atoms with E-state index in [2.05, 4.69) is 10.3 Å². The summed E-state index contributed by atoms with van der Waals surface area (Å²) in [5.74, 6) is -2.29. The Bertz CT molecular complexity index is 974. The Morgan fingerprint density at radius 3 is 2.64 bits per heavy atom. The Labute approximate surface area is 159 Å². The highest BCUT2D eigenvalue weighted by atomic mass is 19.2. The van der Waals surface area contributed by atoms with Crippen LogP contribution >= 0.6 is 0 Å². The molecule has 3 heterocycles. The highest BCUT2D eigenvalue weighted by Gasteiger charge is 2.35. The molecule has 1 amide bonds. The Kier molecular flexibility index (Phi) is 4.54. The first-order valence-corrected chi connectivity index (χ1v) is 8.73. The lowest BCUT2D eigenvalue weighted by Crippen LogP contribution is -2.28. The van der Waals surface area contributed by atoms with Crippen molar-refractivity contribution in [3.05, 3.63) is 47.9 Å². The number of aryl methyl sites for hydroxylation is 1. The van der Waals surface area contributed by atoms with Crippen LogP contribution in [0.4, 0.5) is 25.0 Å². The van der Waals surface area contributed by atoms with Crippen molar-refractivity contribution in [1.82, 2.24) is 15.0 Å². The van der Waals surface area contributed by atoms with Gasteiger partial charge in [0.2, 0.25) is 0 Å². The van der Waals surface area contributed by atoms with Crippen LogP contribution in [0.3, 0.4) is 0 Å². The number of aromatic nitrogens is 3. The molecule has 0 N–H and O–H groups in total. The fraction of sp³-hybridized carbons (Fsp3) is 0.333. The second kappa shape index (κ2) is 7.02. The van der Waals surface area contributed by atoms with E-state index in [1.807, 2.05) is 0 Å². The van der Waals surface area contributed by atoms with E-state index in [0.29, 0.717) is 0 Å². The van der Waals surface area contributed by atoms with Crippen LogP contribution in [0.2, 0.25) is 0 Å². The normalized spacial score (nSPS) is 19.5. The van der Waals surface area contributed by atoms with Crippen molar-refractivity contribution in [3.8, 4) is 0 Å². The van der Waals surface area contributed by atoms with Gasteiger partial charge in [0, 0.05) is 25.4 Å². The molecule has 8 nitrogen and oxygen atoms in total. The van der Waals surface area contributed by atoms with Crippen molar-refractivity contribution in [2.75, 3.05) is 22.9 Å². The van der Waals surface area contributed by atoms with E-state index in [4.69, 9.17) is 4.74 Å². The molecule has 2 aliphatic rings. The van der Waals surface area contributed by atoms with Gasteiger partial charge in [-0.2, -0.15) is 0 Å². The first kappa shape index (κ1) is 18.1. The number of rotatable bonds is 4. The quantitative estimate of drug-likeness (QED) is 0.798. The molecule has 0 aliphatic carbocycles. The van der Waals surface area contributed by atoms with Crippen LogP contribution in [0.15, 0.2) is 30.6 Å². The number of carbonyl (C=O) groups is 2. The maximum Gasteiger partial charge on any atom is 0.414 e. The number of anilines is 2. The smallest absolute Gasteiger partial charge is 0.414 e. The molecule has 28 heavy (non-hydrogen) atoms. The van der Waals surface area contributed by atoms with E-state index in [-0.39, 0.29) is 43.2 Å². The molecule has 146 valence electrons. The third-order valence-corrected chi connectivity index (χ3v) is 4.60. The molecule has 1 aromatic heterocycles. The fourth-order valence-electron chi connectivity index (χ4n) is 3.23. The van der Waals surface area contributed by atoms with Gasteiger partial charge in [-0.15, -0.1) is 5.10 Å². The van der Waals surface area contributed by atoms with Crippen LogP contribution in [0.1, 0.15) is 12.1 Å². The number of allylic oxidation sites excluding steroid dienone is 1. The Morgan fingerprint density at radius 2 is 1.96 bits per heavy atom. The molecule has 1 fully saturated rings. The zero-order chi connectivity index (χ0) is 19.8. The van der Waals surface area contributed by atoms with Gasteiger partial charge in [0.25, 0.3) is 0 Å². The number of carbonyl (C=O) groups excluding carboxylic acids is 2. The molecule has 1 unspecified atom stereocenters. The van der Waals surface area contributed by atoms with Crippen molar-refractivity contribution in [1.29, 1.82) is 0 Å². The van der Waals surface area contributed by atoms with Crippen LogP contribution in [0.25, 0.3) is 0 Å². The summed E-state index contributed by atoms with van der Waals surface area (Å²) in [6, 6.07) is 2.72. The molecule has 2 aromatic rings. The summed E-state index contributed by atoms with van der Waals surface area (Å²) in [5.41, 5.74) is 0.533. The molecular formula is C18H17F2N5O3. The van der Waals surface area contributed by atoms with Crippen molar-refractivity contribution < 1.29 is 23.1 Å². The van der Waals surface area contributed by atoms with Crippen LogP contribution in [0, 0.1) is 18.6 Å². The van der Waals surface area contributed by atoms with Gasteiger partial charge in [-0.3, -0.25) is 9.69 Å². The summed E-state index contributed by atoms with van der Waals surface area (Å²) in [7, 11) is 0. The number of halogens is 2. The lowest BCUT2D eigenvalue weighted by Gasteiger charge is -2.24. The maximum absolute atomic E-state index is 14.7. The number of nitrogens with zero attached hydrogens (tertiary/aromatic N) is 5. The predicted octanol–water partition coefficient (Wildman–Crippen LogP) is 2.18. The molecule has 1 saturated heterocycles. The summed E-state index contributed by atoms with van der Waals surface area (Å²) in [6.45, 7) is 2.36. The predicted molar refractivity (Wildman–Crippen MR) is 94.8 cm³/mol. The first-order valence-electron chi connectivity index (χ1n) is 8.73. The molecular weight excluding hydrogens is 372 g/mol. The summed E-state index contributed by atoms with van der Waals surface area (Å²) in [4.78, 5) is 26.0. The SMILES string of the molecule is Cc1cn(CC2CN(c3ccc(N4C=CC(=O)CC4)c(F)c3F)C(=O)O2)nn1. The molecule has 10 heteroatoms. The zero-order valence-electron chi connectivity index (χ0n) is 15.0. The van der Waals surface area contributed by atoms with Gasteiger partial charge in [-0.25, -0.2) is 18.3 Å². The van der Waals surface area contributed by atoms with Crippen molar-refractivity contribution in [2.24, 2.45) is 0 Å². The van der Waals surface area contributed by atoms with Gasteiger partial charge in [0.05, 0.1) is 30.2 Å². The van der Waals surface area contributed by atoms with Crippen molar-refractivity contribution in [2.45, 2.75) is 26.0 Å². The number of amides is 1. The van der Waals surface area contributed by atoms with Crippen molar-refractivity contribution >= 4 is 23.3 Å². The minimum Gasteiger partial charge on any atom is -0.442 e. The standard InChI is InChI=1S/C18H17F2N5O3/c1-11-8-24(22-21-11)9-13-10-25(18(27)28-13)15-3-2-14(16(19)17(15)20)23-6-4-12(26)5-7-23/h2-4,6,8,13H,5,7,9-10H2,1H3. The maximum atomic E-state index is 14.7. The first-order chi connectivity index (χ1) is 13.4. The number of ether oxygens (including phenoxy) is 1. The average Bonchev–Trinajstić information content (AvgIpc) is 3.23. The topological polar surface area (TPSA) is 80.6 Å². The summed E-state index contributed by atoms with van der Waals surface area (Å²) < 4.78 is 36.1. The van der Waals surface area contributed by atoms with E-state index < -0.39 is 23.8 Å². The number of benzene rings is 1. The van der Waals surface area contributed by atoms with Crippen LogP contribution in [-0.4, -0.2) is 46.1 Å². The van der Waals surface area contributed by atoms with Crippen LogP contribution < -0.4 is 9.80 Å².